The summed E-state index contributed by atoms with van der Waals surface area (Å²) in [6.45, 7) is 0.601. The number of aliphatic hydroxyl groups excluding tert-OH is 1. The van der Waals surface area contributed by atoms with Crippen LogP contribution in [0.25, 0.3) is 0 Å². The van der Waals surface area contributed by atoms with Gasteiger partial charge in [-0.25, -0.2) is 0 Å². The van der Waals surface area contributed by atoms with Gasteiger partial charge in [0, 0.05) is 25.2 Å². The third-order valence-electron chi connectivity index (χ3n) is 3.95. The van der Waals surface area contributed by atoms with E-state index in [2.05, 4.69) is 10.4 Å². The lowest BCUT2D eigenvalue weighted by Gasteiger charge is -2.35. The summed E-state index contributed by atoms with van der Waals surface area (Å²) in [5.41, 5.74) is 6.19. The minimum absolute atomic E-state index is 0.116. The van der Waals surface area contributed by atoms with Gasteiger partial charge in [0.15, 0.2) is 5.69 Å². The molecule has 106 valence electrons. The summed E-state index contributed by atoms with van der Waals surface area (Å²) in [6, 6.07) is 0. The molecule has 1 fully saturated rings. The van der Waals surface area contributed by atoms with Crippen LogP contribution in [0.4, 0.5) is 5.69 Å². The van der Waals surface area contributed by atoms with E-state index >= 15 is 0 Å². The van der Waals surface area contributed by atoms with Crippen molar-refractivity contribution in [2.75, 3.05) is 18.9 Å². The lowest BCUT2D eigenvalue weighted by atomic mass is 9.74. The van der Waals surface area contributed by atoms with Gasteiger partial charge in [-0.05, 0) is 12.8 Å². The number of nitrogens with two attached hydrogens (primary N) is 1. The number of anilines is 1. The van der Waals surface area contributed by atoms with Crippen LogP contribution in [0.5, 0.6) is 0 Å². The van der Waals surface area contributed by atoms with Gasteiger partial charge in [0.1, 0.15) is 0 Å². The van der Waals surface area contributed by atoms with E-state index in [1.807, 2.05) is 0 Å². The van der Waals surface area contributed by atoms with Gasteiger partial charge in [-0.3, -0.25) is 9.48 Å². The van der Waals surface area contributed by atoms with Crippen LogP contribution in [-0.2, 0) is 7.05 Å². The van der Waals surface area contributed by atoms with E-state index in [1.54, 1.807) is 13.2 Å². The second-order valence-corrected chi connectivity index (χ2v) is 5.51. The molecule has 0 aliphatic heterocycles. The molecule has 19 heavy (non-hydrogen) atoms. The van der Waals surface area contributed by atoms with Crippen LogP contribution >= 0.6 is 0 Å². The second-order valence-electron chi connectivity index (χ2n) is 5.51. The maximum Gasteiger partial charge on any atom is 0.273 e. The van der Waals surface area contributed by atoms with Crippen LogP contribution in [0.3, 0.4) is 0 Å². The van der Waals surface area contributed by atoms with Gasteiger partial charge in [-0.15, -0.1) is 0 Å². The van der Waals surface area contributed by atoms with Gasteiger partial charge in [0.05, 0.1) is 12.3 Å². The van der Waals surface area contributed by atoms with Gasteiger partial charge in [-0.2, -0.15) is 5.10 Å². The van der Waals surface area contributed by atoms with Crippen LogP contribution < -0.4 is 11.1 Å². The fourth-order valence-corrected chi connectivity index (χ4v) is 2.73. The smallest absolute Gasteiger partial charge is 0.273 e. The Bertz CT molecular complexity index is 449. The molecule has 6 heteroatoms. The van der Waals surface area contributed by atoms with E-state index in [4.69, 9.17) is 5.73 Å². The zero-order valence-electron chi connectivity index (χ0n) is 11.4. The molecule has 1 saturated carbocycles. The zero-order valence-corrected chi connectivity index (χ0v) is 11.4. The number of aliphatic hydroxyl groups is 1. The summed E-state index contributed by atoms with van der Waals surface area (Å²) in [5.74, 6) is -0.267. The molecule has 2 rings (SSSR count). The van der Waals surface area contributed by atoms with E-state index in [0.29, 0.717) is 12.2 Å². The number of hydrogen-bond donors (Lipinski definition) is 3. The minimum Gasteiger partial charge on any atom is -0.396 e. The van der Waals surface area contributed by atoms with Crippen LogP contribution in [0, 0.1) is 5.41 Å². The molecule has 0 atom stereocenters. The van der Waals surface area contributed by atoms with Crippen molar-refractivity contribution in [2.45, 2.75) is 32.1 Å². The average molecular weight is 266 g/mol. The number of nitrogens with one attached hydrogen (secondary N) is 1. The third-order valence-corrected chi connectivity index (χ3v) is 3.95. The van der Waals surface area contributed by atoms with Crippen LogP contribution in [0.1, 0.15) is 42.6 Å². The maximum absolute atomic E-state index is 12.0. The molecule has 4 N–H and O–H groups in total. The summed E-state index contributed by atoms with van der Waals surface area (Å²) in [6.07, 6.45) is 6.97. The standard InChI is InChI=1S/C13H22N4O2/c1-17-7-10(14)11(16-17)12(19)15-8-13(9-18)5-3-2-4-6-13/h7,18H,2-6,8-9,14H2,1H3,(H,15,19). The van der Waals surface area contributed by atoms with E-state index in [9.17, 15) is 9.90 Å². The monoisotopic (exact) mass is 266 g/mol. The molecular formula is C13H22N4O2. The minimum atomic E-state index is -0.267. The number of carbonyl (C=O) groups excluding carboxylic acids is 1. The van der Waals surface area contributed by atoms with Gasteiger partial charge < -0.3 is 16.2 Å². The van der Waals surface area contributed by atoms with Crippen molar-refractivity contribution >= 4 is 11.6 Å². The molecule has 0 radical (unpaired) electrons. The summed E-state index contributed by atoms with van der Waals surface area (Å²) < 4.78 is 1.52. The summed E-state index contributed by atoms with van der Waals surface area (Å²) in [7, 11) is 1.73. The molecule has 6 nitrogen and oxygen atoms in total. The van der Waals surface area contributed by atoms with Crippen molar-refractivity contribution in [1.29, 1.82) is 0 Å². The third kappa shape index (κ3) is 3.07. The summed E-state index contributed by atoms with van der Waals surface area (Å²) in [4.78, 5) is 12.0. The normalized spacial score (nSPS) is 18.2. The average Bonchev–Trinajstić information content (AvgIpc) is 2.76. The molecule has 1 aliphatic rings. The largest absolute Gasteiger partial charge is 0.396 e. The first-order valence-electron chi connectivity index (χ1n) is 6.74. The molecule has 1 aromatic heterocycles. The molecule has 0 unspecified atom stereocenters. The Labute approximate surface area is 113 Å². The summed E-state index contributed by atoms with van der Waals surface area (Å²) >= 11 is 0. The number of nitrogen functional groups attached to an aromatic ring is 1. The Morgan fingerprint density at radius 2 is 2.21 bits per heavy atom. The van der Waals surface area contributed by atoms with Crippen LogP contribution in [0.2, 0.25) is 0 Å². The predicted molar refractivity (Wildman–Crippen MR) is 72.6 cm³/mol. The van der Waals surface area contributed by atoms with Gasteiger partial charge in [0.2, 0.25) is 0 Å². The molecular weight excluding hydrogens is 244 g/mol. The van der Waals surface area contributed by atoms with Gasteiger partial charge >= 0.3 is 0 Å². The van der Waals surface area contributed by atoms with Gasteiger partial charge in [-0.1, -0.05) is 19.3 Å². The van der Waals surface area contributed by atoms with Crippen LogP contribution in [-0.4, -0.2) is 33.9 Å². The number of aryl methyl sites for hydroxylation is 1. The van der Waals surface area contributed by atoms with Crippen molar-refractivity contribution in [1.82, 2.24) is 15.1 Å². The zero-order chi connectivity index (χ0) is 13.9. The highest BCUT2D eigenvalue weighted by Crippen LogP contribution is 2.35. The first-order chi connectivity index (χ1) is 9.06. The fraction of sp³-hybridized carbons (Fsp3) is 0.692. The van der Waals surface area contributed by atoms with Crippen molar-refractivity contribution in [3.05, 3.63) is 11.9 Å². The lowest BCUT2D eigenvalue weighted by molar-refractivity contribution is 0.0715. The number of carbonyl (C=O) groups is 1. The molecule has 1 amide bonds. The van der Waals surface area contributed by atoms with Crippen molar-refractivity contribution in [3.8, 4) is 0 Å². The molecule has 1 aliphatic carbocycles. The first kappa shape index (κ1) is 13.9. The Kier molecular flexibility index (Phi) is 4.09. The Hall–Kier alpha value is -1.56. The Morgan fingerprint density at radius 3 is 2.74 bits per heavy atom. The molecule has 0 saturated heterocycles. The number of rotatable bonds is 4. The maximum atomic E-state index is 12.0. The molecule has 1 heterocycles. The number of nitrogens with zero attached hydrogens (tertiary/aromatic N) is 2. The topological polar surface area (TPSA) is 93.2 Å². The van der Waals surface area contributed by atoms with Crippen molar-refractivity contribution in [2.24, 2.45) is 12.5 Å². The van der Waals surface area contributed by atoms with E-state index in [1.165, 1.54) is 11.1 Å². The molecule has 0 spiro atoms. The highest BCUT2D eigenvalue weighted by Gasteiger charge is 2.32. The lowest BCUT2D eigenvalue weighted by Crippen LogP contribution is -2.41. The second kappa shape index (κ2) is 5.61. The van der Waals surface area contributed by atoms with Crippen molar-refractivity contribution in [3.63, 3.8) is 0 Å². The SMILES string of the molecule is Cn1cc(N)c(C(=O)NCC2(CO)CCCCC2)n1. The van der Waals surface area contributed by atoms with E-state index in [-0.39, 0.29) is 23.6 Å². The van der Waals surface area contributed by atoms with E-state index < -0.39 is 0 Å². The Morgan fingerprint density at radius 1 is 1.53 bits per heavy atom. The molecule has 1 aromatic rings. The number of amides is 1. The summed E-state index contributed by atoms with van der Waals surface area (Å²) in [5, 5.41) is 16.5. The highest BCUT2D eigenvalue weighted by molar-refractivity contribution is 5.97. The highest BCUT2D eigenvalue weighted by atomic mass is 16.3. The quantitative estimate of drug-likeness (QED) is 0.747. The first-order valence-corrected chi connectivity index (χ1v) is 6.74. The number of aromatic nitrogens is 2. The fourth-order valence-electron chi connectivity index (χ4n) is 2.73. The molecule has 0 bridgehead atoms. The van der Waals surface area contributed by atoms with E-state index in [0.717, 1.165) is 25.7 Å². The number of hydrogen-bond acceptors (Lipinski definition) is 4. The van der Waals surface area contributed by atoms with Crippen LogP contribution in [0.15, 0.2) is 6.20 Å². The molecule has 0 aromatic carbocycles. The van der Waals surface area contributed by atoms with Crippen molar-refractivity contribution < 1.29 is 9.90 Å². The van der Waals surface area contributed by atoms with Gasteiger partial charge in [0.25, 0.3) is 5.91 Å². The predicted octanol–water partition coefficient (Wildman–Crippen LogP) is 0.675. The Balaban J connectivity index is 1.97.